The van der Waals surface area contributed by atoms with Crippen molar-refractivity contribution in [3.05, 3.63) is 121 Å². The molecule has 0 unspecified atom stereocenters. The zero-order valence-corrected chi connectivity index (χ0v) is 22.0. The lowest BCUT2D eigenvalue weighted by Gasteiger charge is -2.19. The minimum Gasteiger partial charge on any atom is -0.494 e. The Hall–Kier alpha value is -4.54. The standard InChI is InChI=1S/C35H32N2O2/c1-2-39-30-20-18-28(19-21-30)36-23-29(38)24-37-34(27-14-7-4-8-15-27)33(26-12-5-3-6-13-26)32-22-17-25-11-9-10-16-31(25)35(32)37/h3-22,29,36,38H,2,23-24H2,1H3/t29-/m1/s1. The van der Waals surface area contributed by atoms with Gasteiger partial charge in [-0.3, -0.25) is 0 Å². The molecule has 1 aromatic heterocycles. The second-order valence-corrected chi connectivity index (χ2v) is 9.74. The number of rotatable bonds is 9. The number of anilines is 1. The van der Waals surface area contributed by atoms with Crippen LogP contribution >= 0.6 is 0 Å². The molecular formula is C35H32N2O2. The van der Waals surface area contributed by atoms with Gasteiger partial charge in [0.15, 0.2) is 0 Å². The van der Waals surface area contributed by atoms with Gasteiger partial charge in [0, 0.05) is 28.6 Å². The van der Waals surface area contributed by atoms with Gasteiger partial charge in [0.2, 0.25) is 0 Å². The molecule has 6 aromatic rings. The Morgan fingerprint density at radius 3 is 2.10 bits per heavy atom. The van der Waals surface area contributed by atoms with Crippen LogP contribution in [0.4, 0.5) is 5.69 Å². The van der Waals surface area contributed by atoms with E-state index in [1.165, 1.54) is 21.7 Å². The van der Waals surface area contributed by atoms with E-state index in [9.17, 15) is 5.11 Å². The van der Waals surface area contributed by atoms with Crippen molar-refractivity contribution >= 4 is 27.4 Å². The lowest BCUT2D eigenvalue weighted by atomic mass is 9.97. The minimum absolute atomic E-state index is 0.424. The predicted octanol–water partition coefficient (Wildman–Crippen LogP) is 8.00. The first kappa shape index (κ1) is 24.8. The molecule has 4 nitrogen and oxygen atoms in total. The highest BCUT2D eigenvalue weighted by molar-refractivity contribution is 6.15. The molecule has 2 N–H and O–H groups in total. The first-order valence-electron chi connectivity index (χ1n) is 13.5. The van der Waals surface area contributed by atoms with Crippen molar-refractivity contribution in [3.8, 4) is 28.1 Å². The number of ether oxygens (including phenoxy) is 1. The molecular weight excluding hydrogens is 480 g/mol. The zero-order chi connectivity index (χ0) is 26.6. The van der Waals surface area contributed by atoms with Gasteiger partial charge in [0.1, 0.15) is 5.75 Å². The molecule has 0 radical (unpaired) electrons. The van der Waals surface area contributed by atoms with Crippen molar-refractivity contribution in [2.24, 2.45) is 0 Å². The Morgan fingerprint density at radius 1 is 0.718 bits per heavy atom. The molecule has 0 bridgehead atoms. The van der Waals surface area contributed by atoms with Crippen molar-refractivity contribution in [2.75, 3.05) is 18.5 Å². The smallest absolute Gasteiger partial charge is 0.119 e. The van der Waals surface area contributed by atoms with Crippen LogP contribution < -0.4 is 10.1 Å². The number of hydrogen-bond acceptors (Lipinski definition) is 3. The van der Waals surface area contributed by atoms with Crippen LogP contribution in [0.1, 0.15) is 6.92 Å². The fraction of sp³-hybridized carbons (Fsp3) is 0.143. The summed E-state index contributed by atoms with van der Waals surface area (Å²) in [6.07, 6.45) is -0.614. The van der Waals surface area contributed by atoms with Gasteiger partial charge in [-0.15, -0.1) is 0 Å². The van der Waals surface area contributed by atoms with Crippen LogP contribution in [-0.4, -0.2) is 28.9 Å². The summed E-state index contributed by atoms with van der Waals surface area (Å²) in [5.41, 5.74) is 6.70. The fourth-order valence-electron chi connectivity index (χ4n) is 5.44. The maximum absolute atomic E-state index is 11.4. The van der Waals surface area contributed by atoms with Gasteiger partial charge < -0.3 is 19.7 Å². The first-order chi connectivity index (χ1) is 19.2. The van der Waals surface area contributed by atoms with Gasteiger partial charge in [-0.2, -0.15) is 0 Å². The van der Waals surface area contributed by atoms with Crippen molar-refractivity contribution in [1.29, 1.82) is 0 Å². The highest BCUT2D eigenvalue weighted by Crippen LogP contribution is 2.43. The molecule has 0 aliphatic heterocycles. The SMILES string of the molecule is CCOc1ccc(NC[C@@H](O)Cn2c(-c3ccccc3)c(-c3ccccc3)c3ccc4ccccc4c32)cc1. The number of hydrogen-bond donors (Lipinski definition) is 2. The molecule has 1 atom stereocenters. The highest BCUT2D eigenvalue weighted by Gasteiger charge is 2.23. The van der Waals surface area contributed by atoms with Gasteiger partial charge in [-0.05, 0) is 47.7 Å². The van der Waals surface area contributed by atoms with Crippen LogP contribution in [0.2, 0.25) is 0 Å². The Morgan fingerprint density at radius 2 is 1.38 bits per heavy atom. The van der Waals surface area contributed by atoms with Crippen LogP contribution in [0.15, 0.2) is 121 Å². The maximum Gasteiger partial charge on any atom is 0.119 e. The van der Waals surface area contributed by atoms with E-state index in [2.05, 4.69) is 101 Å². The Bertz CT molecular complexity index is 1690. The molecule has 0 saturated carbocycles. The van der Waals surface area contributed by atoms with E-state index in [4.69, 9.17) is 4.74 Å². The Kier molecular flexibility index (Phi) is 7.03. The summed E-state index contributed by atoms with van der Waals surface area (Å²) in [6, 6.07) is 41.9. The Labute approximate surface area is 229 Å². The third-order valence-electron chi connectivity index (χ3n) is 7.16. The molecule has 0 aliphatic rings. The third kappa shape index (κ3) is 4.99. The molecule has 39 heavy (non-hydrogen) atoms. The summed E-state index contributed by atoms with van der Waals surface area (Å²) in [7, 11) is 0. The van der Waals surface area contributed by atoms with Gasteiger partial charge in [-0.25, -0.2) is 0 Å². The summed E-state index contributed by atoms with van der Waals surface area (Å²) in [4.78, 5) is 0. The number of nitrogens with zero attached hydrogens (tertiary/aromatic N) is 1. The van der Waals surface area contributed by atoms with Crippen LogP contribution in [0.3, 0.4) is 0 Å². The molecule has 0 amide bonds. The fourth-order valence-corrected chi connectivity index (χ4v) is 5.44. The summed E-state index contributed by atoms with van der Waals surface area (Å²) in [5, 5.41) is 18.3. The number of aliphatic hydroxyl groups excluding tert-OH is 1. The molecule has 5 aromatic carbocycles. The topological polar surface area (TPSA) is 46.4 Å². The lowest BCUT2D eigenvalue weighted by Crippen LogP contribution is -2.25. The van der Waals surface area contributed by atoms with E-state index in [1.807, 2.05) is 37.3 Å². The lowest BCUT2D eigenvalue weighted by molar-refractivity contribution is 0.169. The number of fused-ring (bicyclic) bond motifs is 3. The number of benzene rings is 5. The third-order valence-corrected chi connectivity index (χ3v) is 7.16. The molecule has 0 saturated heterocycles. The number of aromatic nitrogens is 1. The average Bonchev–Trinajstić information content (AvgIpc) is 3.32. The molecule has 0 spiro atoms. The minimum atomic E-state index is -0.614. The van der Waals surface area contributed by atoms with Crippen LogP contribution in [0.25, 0.3) is 44.1 Å². The number of aliphatic hydroxyl groups is 1. The van der Waals surface area contributed by atoms with Gasteiger partial charge in [-0.1, -0.05) is 97.1 Å². The molecule has 1 heterocycles. The number of nitrogens with one attached hydrogen (secondary N) is 1. The van der Waals surface area contributed by atoms with Gasteiger partial charge in [0.25, 0.3) is 0 Å². The molecule has 194 valence electrons. The maximum atomic E-state index is 11.4. The predicted molar refractivity (Wildman–Crippen MR) is 162 cm³/mol. The van der Waals surface area contributed by atoms with Crippen LogP contribution in [-0.2, 0) is 6.54 Å². The second-order valence-electron chi connectivity index (χ2n) is 9.74. The summed E-state index contributed by atoms with van der Waals surface area (Å²) in [5.74, 6) is 0.843. The Balaban J connectivity index is 1.46. The molecule has 4 heteroatoms. The van der Waals surface area contributed by atoms with Crippen molar-refractivity contribution in [2.45, 2.75) is 19.6 Å². The summed E-state index contributed by atoms with van der Waals surface area (Å²) < 4.78 is 7.87. The van der Waals surface area contributed by atoms with Gasteiger partial charge in [0.05, 0.1) is 30.5 Å². The van der Waals surface area contributed by atoms with E-state index in [-0.39, 0.29) is 0 Å². The van der Waals surface area contributed by atoms with Crippen LogP contribution in [0.5, 0.6) is 5.75 Å². The van der Waals surface area contributed by atoms with E-state index in [0.29, 0.717) is 19.7 Å². The molecule has 6 rings (SSSR count). The summed E-state index contributed by atoms with van der Waals surface area (Å²) >= 11 is 0. The van der Waals surface area contributed by atoms with E-state index >= 15 is 0 Å². The van der Waals surface area contributed by atoms with Gasteiger partial charge >= 0.3 is 0 Å². The summed E-state index contributed by atoms with van der Waals surface area (Å²) in [6.45, 7) is 3.49. The largest absolute Gasteiger partial charge is 0.494 e. The second kappa shape index (κ2) is 11.1. The van der Waals surface area contributed by atoms with Crippen molar-refractivity contribution in [1.82, 2.24) is 4.57 Å². The quantitative estimate of drug-likeness (QED) is 0.206. The first-order valence-corrected chi connectivity index (χ1v) is 13.5. The van der Waals surface area contributed by atoms with E-state index in [1.54, 1.807) is 0 Å². The molecule has 0 aliphatic carbocycles. The van der Waals surface area contributed by atoms with E-state index in [0.717, 1.165) is 33.8 Å². The van der Waals surface area contributed by atoms with Crippen molar-refractivity contribution < 1.29 is 9.84 Å². The zero-order valence-electron chi connectivity index (χ0n) is 22.0. The van der Waals surface area contributed by atoms with Crippen molar-refractivity contribution in [3.63, 3.8) is 0 Å². The normalized spacial score (nSPS) is 12.1. The highest BCUT2D eigenvalue weighted by atomic mass is 16.5. The van der Waals surface area contributed by atoms with E-state index < -0.39 is 6.10 Å². The monoisotopic (exact) mass is 512 g/mol. The van der Waals surface area contributed by atoms with Crippen LogP contribution in [0, 0.1) is 0 Å². The average molecular weight is 513 g/mol. The molecule has 0 fully saturated rings.